The lowest BCUT2D eigenvalue weighted by Gasteiger charge is -2.35. The molecule has 9 heteroatoms. The summed E-state index contributed by atoms with van der Waals surface area (Å²) in [4.78, 5) is 40.1. The van der Waals surface area contributed by atoms with Crippen molar-refractivity contribution in [2.75, 3.05) is 31.1 Å². The van der Waals surface area contributed by atoms with E-state index in [-0.39, 0.29) is 11.9 Å². The number of rotatable bonds is 6. The summed E-state index contributed by atoms with van der Waals surface area (Å²) in [7, 11) is 0. The fourth-order valence-electron chi connectivity index (χ4n) is 3.03. The van der Waals surface area contributed by atoms with Gasteiger partial charge in [-0.25, -0.2) is 14.8 Å². The number of carbonyl (C=O) groups is 2. The molecule has 31 heavy (non-hydrogen) atoms. The van der Waals surface area contributed by atoms with Crippen LogP contribution in [0.4, 0.5) is 10.7 Å². The van der Waals surface area contributed by atoms with Crippen molar-refractivity contribution in [3.05, 3.63) is 42.0 Å². The summed E-state index contributed by atoms with van der Waals surface area (Å²) in [5, 5.41) is 0. The van der Waals surface area contributed by atoms with Gasteiger partial charge in [0.05, 0.1) is 12.4 Å². The molecular formula is C22H29N5O4. The van der Waals surface area contributed by atoms with Crippen LogP contribution in [0.15, 0.2) is 30.7 Å². The van der Waals surface area contributed by atoms with Crippen molar-refractivity contribution < 1.29 is 19.1 Å². The van der Waals surface area contributed by atoms with E-state index in [0.717, 1.165) is 11.3 Å². The molecule has 0 bridgehead atoms. The Bertz CT molecular complexity index is 886. The Labute approximate surface area is 182 Å². The maximum absolute atomic E-state index is 12.2. The van der Waals surface area contributed by atoms with Gasteiger partial charge in [-0.2, -0.15) is 0 Å². The Morgan fingerprint density at radius 1 is 1.00 bits per heavy atom. The van der Waals surface area contributed by atoms with Gasteiger partial charge in [-0.3, -0.25) is 9.78 Å². The Balaban J connectivity index is 1.47. The molecule has 1 aliphatic heterocycles. The number of carbonyl (C=O) groups excluding carboxylic acids is 2. The summed E-state index contributed by atoms with van der Waals surface area (Å²) in [6.45, 7) is 9.85. The number of hydrogen-bond donors (Lipinski definition) is 0. The first-order valence-corrected chi connectivity index (χ1v) is 10.3. The molecule has 0 atom stereocenters. The topological polar surface area (TPSA) is 97.8 Å². The average molecular weight is 428 g/mol. The molecular weight excluding hydrogens is 398 g/mol. The Morgan fingerprint density at radius 2 is 1.68 bits per heavy atom. The first-order chi connectivity index (χ1) is 14.7. The number of anilines is 1. The third-order valence-corrected chi connectivity index (χ3v) is 4.55. The lowest BCUT2D eigenvalue weighted by molar-refractivity contribution is -0.116. The maximum atomic E-state index is 12.2. The van der Waals surface area contributed by atoms with Crippen LogP contribution in [0, 0.1) is 0 Å². The van der Waals surface area contributed by atoms with Crippen molar-refractivity contribution >= 4 is 17.8 Å². The minimum Gasteiger partial charge on any atom is -0.486 e. The van der Waals surface area contributed by atoms with Crippen LogP contribution in [-0.4, -0.2) is 63.5 Å². The van der Waals surface area contributed by atoms with E-state index >= 15 is 0 Å². The fraction of sp³-hybridized carbons (Fsp3) is 0.500. The number of ketones is 1. The molecule has 2 aromatic rings. The number of amides is 1. The number of Topliss-reactive ketones (excluding diaryl/α,β-unsaturated/α-hetero) is 1. The van der Waals surface area contributed by atoms with E-state index in [1.54, 1.807) is 30.4 Å². The minimum atomic E-state index is -0.500. The third kappa shape index (κ3) is 6.91. The zero-order chi connectivity index (χ0) is 22.4. The lowest BCUT2D eigenvalue weighted by atomic mass is 10.2. The van der Waals surface area contributed by atoms with E-state index < -0.39 is 5.60 Å². The summed E-state index contributed by atoms with van der Waals surface area (Å²) in [6, 6.07) is 3.72. The number of piperazine rings is 1. The van der Waals surface area contributed by atoms with Gasteiger partial charge in [0.1, 0.15) is 18.0 Å². The summed E-state index contributed by atoms with van der Waals surface area (Å²) in [6.07, 6.45) is 5.03. The van der Waals surface area contributed by atoms with Crippen LogP contribution < -0.4 is 9.64 Å². The Hall–Kier alpha value is -3.23. The van der Waals surface area contributed by atoms with Gasteiger partial charge in [-0.05, 0) is 33.8 Å². The molecule has 3 rings (SSSR count). The molecule has 0 aromatic carbocycles. The second-order valence-corrected chi connectivity index (χ2v) is 8.50. The van der Waals surface area contributed by atoms with E-state index in [2.05, 4.69) is 15.0 Å². The zero-order valence-electron chi connectivity index (χ0n) is 18.5. The third-order valence-electron chi connectivity index (χ3n) is 4.55. The highest BCUT2D eigenvalue weighted by Gasteiger charge is 2.26. The molecule has 3 heterocycles. The van der Waals surface area contributed by atoms with Gasteiger partial charge in [0.25, 0.3) is 0 Å². The van der Waals surface area contributed by atoms with Gasteiger partial charge < -0.3 is 19.3 Å². The molecule has 0 spiro atoms. The number of ether oxygens (including phenoxy) is 2. The van der Waals surface area contributed by atoms with Crippen LogP contribution in [0.25, 0.3) is 0 Å². The summed E-state index contributed by atoms with van der Waals surface area (Å²) in [5.41, 5.74) is 1.14. The molecule has 0 saturated carbocycles. The molecule has 0 N–H and O–H groups in total. The van der Waals surface area contributed by atoms with E-state index in [0.29, 0.717) is 50.9 Å². The van der Waals surface area contributed by atoms with Crippen molar-refractivity contribution in [1.29, 1.82) is 0 Å². The number of pyridine rings is 1. The minimum absolute atomic E-state index is 0.0833. The number of nitrogens with zero attached hydrogens (tertiary/aromatic N) is 5. The molecule has 1 aliphatic rings. The smallest absolute Gasteiger partial charge is 0.410 e. The van der Waals surface area contributed by atoms with Gasteiger partial charge in [-0.15, -0.1) is 0 Å². The number of hydrogen-bond acceptors (Lipinski definition) is 8. The van der Waals surface area contributed by atoms with E-state index in [1.165, 1.54) is 0 Å². The van der Waals surface area contributed by atoms with Crippen molar-refractivity contribution in [3.63, 3.8) is 0 Å². The SMILES string of the molecule is CC(=O)Cc1ccc(COc2cnc(N3CCN(C(=O)OC(C)(C)C)CC3)nc2)cn1. The van der Waals surface area contributed by atoms with Crippen LogP contribution in [-0.2, 0) is 22.6 Å². The molecule has 0 aliphatic carbocycles. The van der Waals surface area contributed by atoms with Crippen LogP contribution in [0.5, 0.6) is 5.75 Å². The second-order valence-electron chi connectivity index (χ2n) is 8.50. The highest BCUT2D eigenvalue weighted by molar-refractivity contribution is 5.77. The predicted octanol–water partition coefficient (Wildman–Crippen LogP) is 2.64. The molecule has 2 aromatic heterocycles. The van der Waals surface area contributed by atoms with Gasteiger partial charge >= 0.3 is 6.09 Å². The molecule has 9 nitrogen and oxygen atoms in total. The summed E-state index contributed by atoms with van der Waals surface area (Å²) in [5.74, 6) is 1.25. The maximum Gasteiger partial charge on any atom is 0.410 e. The molecule has 0 unspecified atom stereocenters. The fourth-order valence-corrected chi connectivity index (χ4v) is 3.03. The van der Waals surface area contributed by atoms with E-state index in [9.17, 15) is 9.59 Å². The van der Waals surface area contributed by atoms with Crippen molar-refractivity contribution in [2.24, 2.45) is 0 Å². The highest BCUT2D eigenvalue weighted by Crippen LogP contribution is 2.17. The Morgan fingerprint density at radius 3 is 2.23 bits per heavy atom. The molecule has 1 fully saturated rings. The standard InChI is InChI=1S/C22H29N5O4/c1-16(28)11-18-6-5-17(12-23-18)15-30-19-13-24-20(25-14-19)26-7-9-27(10-8-26)21(29)31-22(2,3)4/h5-6,12-14H,7-11,15H2,1-4H3. The molecule has 1 saturated heterocycles. The van der Waals surface area contributed by atoms with Gasteiger partial charge in [0.15, 0.2) is 5.75 Å². The quantitative estimate of drug-likeness (QED) is 0.694. The monoisotopic (exact) mass is 427 g/mol. The van der Waals surface area contributed by atoms with Crippen LogP contribution in [0.1, 0.15) is 39.0 Å². The molecule has 1 amide bonds. The van der Waals surface area contributed by atoms with E-state index in [4.69, 9.17) is 9.47 Å². The van der Waals surface area contributed by atoms with Crippen molar-refractivity contribution in [2.45, 2.75) is 46.3 Å². The first-order valence-electron chi connectivity index (χ1n) is 10.3. The normalized spacial score (nSPS) is 14.3. The predicted molar refractivity (Wildman–Crippen MR) is 115 cm³/mol. The van der Waals surface area contributed by atoms with Crippen LogP contribution in [0.3, 0.4) is 0 Å². The summed E-state index contributed by atoms with van der Waals surface area (Å²) < 4.78 is 11.2. The average Bonchev–Trinajstić information content (AvgIpc) is 2.72. The first kappa shape index (κ1) is 22.5. The second kappa shape index (κ2) is 9.72. The largest absolute Gasteiger partial charge is 0.486 e. The van der Waals surface area contributed by atoms with Crippen LogP contribution >= 0.6 is 0 Å². The van der Waals surface area contributed by atoms with Gasteiger partial charge in [0.2, 0.25) is 5.95 Å². The lowest BCUT2D eigenvalue weighted by Crippen LogP contribution is -2.50. The zero-order valence-corrected chi connectivity index (χ0v) is 18.5. The molecule has 0 radical (unpaired) electrons. The van der Waals surface area contributed by atoms with Gasteiger partial charge in [0, 0.05) is 50.1 Å². The Kier molecular flexibility index (Phi) is 7.04. The van der Waals surface area contributed by atoms with Gasteiger partial charge in [-0.1, -0.05) is 6.07 Å². The molecule has 166 valence electrons. The van der Waals surface area contributed by atoms with E-state index in [1.807, 2.05) is 37.8 Å². The van der Waals surface area contributed by atoms with Crippen molar-refractivity contribution in [3.8, 4) is 5.75 Å². The summed E-state index contributed by atoms with van der Waals surface area (Å²) >= 11 is 0. The van der Waals surface area contributed by atoms with Crippen molar-refractivity contribution in [1.82, 2.24) is 19.9 Å². The van der Waals surface area contributed by atoms with Crippen LogP contribution in [0.2, 0.25) is 0 Å². The number of aromatic nitrogens is 3. The highest BCUT2D eigenvalue weighted by atomic mass is 16.6.